The zero-order valence-corrected chi connectivity index (χ0v) is 8.43. The molecule has 4 heteroatoms. The molecule has 80 valence electrons. The maximum Gasteiger partial charge on any atom is 0.371 e. The number of carbonyl (C=O) groups is 1. The summed E-state index contributed by atoms with van der Waals surface area (Å²) in [5.41, 5.74) is 0.661. The molecule has 1 aliphatic heterocycles. The van der Waals surface area contributed by atoms with Gasteiger partial charge in [0.25, 0.3) is 5.79 Å². The normalized spacial score (nSPS) is 18.7. The molecule has 0 aliphatic carbocycles. The Morgan fingerprint density at radius 1 is 1.27 bits per heavy atom. The van der Waals surface area contributed by atoms with Gasteiger partial charge in [-0.15, -0.1) is 0 Å². The summed E-state index contributed by atoms with van der Waals surface area (Å²) in [7, 11) is 1.32. The third-order valence-electron chi connectivity index (χ3n) is 2.30. The third-order valence-corrected chi connectivity index (χ3v) is 2.30. The molecule has 0 saturated carbocycles. The highest BCUT2D eigenvalue weighted by Gasteiger charge is 2.47. The fraction of sp³-hybridized carbons (Fsp3) is 0.364. The minimum Gasteiger partial charge on any atom is -0.465 e. The molecule has 0 unspecified atom stereocenters. The number of carbonyl (C=O) groups excluding carboxylic acids is 1. The van der Waals surface area contributed by atoms with Gasteiger partial charge in [-0.3, -0.25) is 0 Å². The molecule has 4 nitrogen and oxygen atoms in total. The monoisotopic (exact) mass is 208 g/mol. The Morgan fingerprint density at radius 3 is 2.40 bits per heavy atom. The Balaban J connectivity index is 2.39. The predicted octanol–water partition coefficient (Wildman–Crippen LogP) is 1.06. The van der Waals surface area contributed by atoms with Crippen molar-refractivity contribution in [1.29, 1.82) is 0 Å². The van der Waals surface area contributed by atoms with E-state index in [4.69, 9.17) is 14.2 Å². The quantitative estimate of drug-likeness (QED) is 0.682. The molecule has 0 N–H and O–H groups in total. The van der Waals surface area contributed by atoms with Gasteiger partial charge in [0.1, 0.15) is 0 Å². The topological polar surface area (TPSA) is 44.8 Å². The SMILES string of the molecule is COC(=O)C1(c2ccccc2)OCCO1. The summed E-state index contributed by atoms with van der Waals surface area (Å²) in [6.45, 7) is 0.786. The van der Waals surface area contributed by atoms with Gasteiger partial charge in [0, 0.05) is 5.56 Å². The molecule has 0 aromatic heterocycles. The van der Waals surface area contributed by atoms with E-state index in [0.29, 0.717) is 18.8 Å². The van der Waals surface area contributed by atoms with Crippen LogP contribution < -0.4 is 0 Å². The van der Waals surface area contributed by atoms with Gasteiger partial charge in [0.05, 0.1) is 20.3 Å². The van der Waals surface area contributed by atoms with Crippen molar-refractivity contribution in [2.75, 3.05) is 20.3 Å². The second kappa shape index (κ2) is 4.00. The molecule has 1 aromatic carbocycles. The molecule has 1 aromatic rings. The van der Waals surface area contributed by atoms with Gasteiger partial charge in [0.15, 0.2) is 0 Å². The molecule has 0 bridgehead atoms. The molecule has 1 saturated heterocycles. The van der Waals surface area contributed by atoms with Crippen molar-refractivity contribution in [3.05, 3.63) is 35.9 Å². The van der Waals surface area contributed by atoms with Gasteiger partial charge in [-0.2, -0.15) is 0 Å². The van der Waals surface area contributed by atoms with Crippen LogP contribution in [0.1, 0.15) is 5.56 Å². The summed E-state index contributed by atoms with van der Waals surface area (Å²) in [6.07, 6.45) is 0. The van der Waals surface area contributed by atoms with E-state index in [2.05, 4.69) is 0 Å². The van der Waals surface area contributed by atoms with Crippen molar-refractivity contribution in [1.82, 2.24) is 0 Å². The van der Waals surface area contributed by atoms with Gasteiger partial charge >= 0.3 is 5.97 Å². The van der Waals surface area contributed by atoms with Crippen LogP contribution >= 0.6 is 0 Å². The van der Waals surface area contributed by atoms with Crippen molar-refractivity contribution < 1.29 is 19.0 Å². The van der Waals surface area contributed by atoms with Gasteiger partial charge in [-0.05, 0) is 0 Å². The molecule has 0 atom stereocenters. The highest BCUT2D eigenvalue weighted by molar-refractivity contribution is 5.79. The molecule has 0 amide bonds. The van der Waals surface area contributed by atoms with Crippen LogP contribution in [0.2, 0.25) is 0 Å². The number of benzene rings is 1. The summed E-state index contributed by atoms with van der Waals surface area (Å²) < 4.78 is 15.5. The van der Waals surface area contributed by atoms with Gasteiger partial charge in [-0.25, -0.2) is 4.79 Å². The third kappa shape index (κ3) is 1.62. The van der Waals surface area contributed by atoms with E-state index in [1.807, 2.05) is 18.2 Å². The molecule has 0 radical (unpaired) electrons. The van der Waals surface area contributed by atoms with E-state index in [1.165, 1.54) is 7.11 Å². The lowest BCUT2D eigenvalue weighted by Crippen LogP contribution is -2.37. The van der Waals surface area contributed by atoms with E-state index in [1.54, 1.807) is 12.1 Å². The van der Waals surface area contributed by atoms with Crippen molar-refractivity contribution >= 4 is 5.97 Å². The van der Waals surface area contributed by atoms with Crippen LogP contribution in [-0.2, 0) is 24.8 Å². The van der Waals surface area contributed by atoms with Crippen LogP contribution in [0.5, 0.6) is 0 Å². The summed E-state index contributed by atoms with van der Waals surface area (Å²) in [5, 5.41) is 0. The van der Waals surface area contributed by atoms with Crippen LogP contribution in [0.3, 0.4) is 0 Å². The van der Waals surface area contributed by atoms with E-state index in [-0.39, 0.29) is 0 Å². The lowest BCUT2D eigenvalue weighted by Gasteiger charge is -2.24. The van der Waals surface area contributed by atoms with E-state index >= 15 is 0 Å². The van der Waals surface area contributed by atoms with E-state index in [0.717, 1.165) is 0 Å². The molecule has 2 rings (SSSR count). The van der Waals surface area contributed by atoms with Crippen molar-refractivity contribution in [3.8, 4) is 0 Å². The van der Waals surface area contributed by atoms with Gasteiger partial charge in [0.2, 0.25) is 0 Å². The average Bonchev–Trinajstić information content (AvgIpc) is 2.79. The Morgan fingerprint density at radius 2 is 1.87 bits per heavy atom. The molecular weight excluding hydrogens is 196 g/mol. The second-order valence-electron chi connectivity index (χ2n) is 3.17. The summed E-state index contributed by atoms with van der Waals surface area (Å²) in [5.74, 6) is -1.89. The molecule has 1 heterocycles. The van der Waals surface area contributed by atoms with E-state index < -0.39 is 11.8 Å². The van der Waals surface area contributed by atoms with E-state index in [9.17, 15) is 4.79 Å². The van der Waals surface area contributed by atoms with Crippen LogP contribution in [-0.4, -0.2) is 26.3 Å². The first-order chi connectivity index (χ1) is 7.29. The van der Waals surface area contributed by atoms with Crippen LogP contribution in [0.25, 0.3) is 0 Å². The first kappa shape index (κ1) is 10.1. The standard InChI is InChI=1S/C11H12O4/c1-13-10(12)11(14-7-8-15-11)9-5-3-2-4-6-9/h2-6H,7-8H2,1H3. The Bertz CT molecular complexity index is 341. The lowest BCUT2D eigenvalue weighted by molar-refractivity contribution is -0.208. The van der Waals surface area contributed by atoms with Gasteiger partial charge in [-0.1, -0.05) is 30.3 Å². The van der Waals surface area contributed by atoms with Crippen LogP contribution in [0, 0.1) is 0 Å². The Kier molecular flexibility index (Phi) is 2.70. The number of ether oxygens (including phenoxy) is 3. The maximum absolute atomic E-state index is 11.7. The number of rotatable bonds is 2. The smallest absolute Gasteiger partial charge is 0.371 e. The lowest BCUT2D eigenvalue weighted by atomic mass is 10.1. The molecule has 0 spiro atoms. The van der Waals surface area contributed by atoms with Crippen molar-refractivity contribution in [2.45, 2.75) is 5.79 Å². The number of esters is 1. The fourth-order valence-corrected chi connectivity index (χ4v) is 1.61. The Hall–Kier alpha value is -1.39. The van der Waals surface area contributed by atoms with Gasteiger partial charge < -0.3 is 14.2 Å². The van der Waals surface area contributed by atoms with Crippen molar-refractivity contribution in [3.63, 3.8) is 0 Å². The average molecular weight is 208 g/mol. The molecule has 1 aliphatic rings. The highest BCUT2D eigenvalue weighted by atomic mass is 16.8. The Labute approximate surface area is 87.8 Å². The molecular formula is C11H12O4. The minimum absolute atomic E-state index is 0.393. The number of methoxy groups -OCH3 is 1. The first-order valence-electron chi connectivity index (χ1n) is 4.71. The summed E-state index contributed by atoms with van der Waals surface area (Å²) >= 11 is 0. The first-order valence-corrected chi connectivity index (χ1v) is 4.71. The summed E-state index contributed by atoms with van der Waals surface area (Å²) in [6, 6.07) is 9.07. The van der Waals surface area contributed by atoms with Crippen molar-refractivity contribution in [2.24, 2.45) is 0 Å². The van der Waals surface area contributed by atoms with Crippen LogP contribution in [0.4, 0.5) is 0 Å². The predicted molar refractivity (Wildman–Crippen MR) is 52.0 cm³/mol. The molecule has 1 fully saturated rings. The highest BCUT2D eigenvalue weighted by Crippen LogP contribution is 2.32. The number of hydrogen-bond acceptors (Lipinski definition) is 4. The number of hydrogen-bond donors (Lipinski definition) is 0. The minimum atomic E-state index is -1.37. The largest absolute Gasteiger partial charge is 0.465 e. The fourth-order valence-electron chi connectivity index (χ4n) is 1.61. The zero-order chi connectivity index (χ0) is 10.7. The summed E-state index contributed by atoms with van der Waals surface area (Å²) in [4.78, 5) is 11.7. The zero-order valence-electron chi connectivity index (χ0n) is 8.43. The maximum atomic E-state index is 11.7. The molecule has 15 heavy (non-hydrogen) atoms. The second-order valence-corrected chi connectivity index (χ2v) is 3.17. The van der Waals surface area contributed by atoms with Crippen LogP contribution in [0.15, 0.2) is 30.3 Å².